The summed E-state index contributed by atoms with van der Waals surface area (Å²) in [5.41, 5.74) is 2.38. The number of nitrogens with one attached hydrogen (secondary N) is 1. The molecule has 0 amide bonds. The van der Waals surface area contributed by atoms with Crippen LogP contribution in [0.5, 0.6) is 0 Å². The Labute approximate surface area is 142 Å². The lowest BCUT2D eigenvalue weighted by atomic mass is 9.96. The van der Waals surface area contributed by atoms with Crippen molar-refractivity contribution < 1.29 is 4.39 Å². The van der Waals surface area contributed by atoms with Crippen molar-refractivity contribution in [3.63, 3.8) is 0 Å². The molecule has 0 saturated heterocycles. The third kappa shape index (κ3) is 3.93. The second-order valence-corrected chi connectivity index (χ2v) is 6.80. The highest BCUT2D eigenvalue weighted by Crippen LogP contribution is 2.32. The second-order valence-electron chi connectivity index (χ2n) is 5.03. The highest BCUT2D eigenvalue weighted by Gasteiger charge is 2.20. The molecule has 21 heavy (non-hydrogen) atoms. The van der Waals surface area contributed by atoms with Crippen LogP contribution in [0.4, 0.5) is 4.39 Å². The van der Waals surface area contributed by atoms with E-state index < -0.39 is 0 Å². The summed E-state index contributed by atoms with van der Waals surface area (Å²) < 4.78 is 16.5. The van der Waals surface area contributed by atoms with Gasteiger partial charge in [-0.15, -0.1) is 0 Å². The fourth-order valence-corrected chi connectivity index (χ4v) is 3.16. The molecule has 0 saturated carbocycles. The van der Waals surface area contributed by atoms with E-state index in [1.54, 1.807) is 13.0 Å². The van der Waals surface area contributed by atoms with E-state index in [2.05, 4.69) is 44.1 Å². The van der Waals surface area contributed by atoms with Gasteiger partial charge in [-0.05, 0) is 49.2 Å². The van der Waals surface area contributed by atoms with Crippen molar-refractivity contribution in [1.29, 1.82) is 0 Å². The van der Waals surface area contributed by atoms with Crippen molar-refractivity contribution in [3.8, 4) is 0 Å². The van der Waals surface area contributed by atoms with Gasteiger partial charge in [-0.3, -0.25) is 0 Å². The molecule has 1 unspecified atom stereocenters. The number of halogens is 3. The van der Waals surface area contributed by atoms with Crippen molar-refractivity contribution in [2.75, 3.05) is 6.54 Å². The van der Waals surface area contributed by atoms with Crippen LogP contribution in [0.1, 0.15) is 36.1 Å². The molecule has 2 aromatic carbocycles. The summed E-state index contributed by atoms with van der Waals surface area (Å²) in [5.74, 6) is -0.141. The van der Waals surface area contributed by atoms with Crippen LogP contribution in [0, 0.1) is 12.7 Å². The van der Waals surface area contributed by atoms with Crippen molar-refractivity contribution in [2.24, 2.45) is 0 Å². The van der Waals surface area contributed by atoms with Crippen LogP contribution in [0.2, 0.25) is 0 Å². The fraction of sp³-hybridized carbons (Fsp3) is 0.294. The molecule has 112 valence electrons. The van der Waals surface area contributed by atoms with Crippen molar-refractivity contribution >= 4 is 31.9 Å². The Hall–Kier alpha value is -0.710. The Morgan fingerprint density at radius 1 is 1.14 bits per heavy atom. The molecule has 2 rings (SSSR count). The minimum Gasteiger partial charge on any atom is -0.306 e. The highest BCUT2D eigenvalue weighted by molar-refractivity contribution is 9.11. The van der Waals surface area contributed by atoms with Gasteiger partial charge in [0.15, 0.2) is 0 Å². The normalized spacial score (nSPS) is 12.4. The van der Waals surface area contributed by atoms with Gasteiger partial charge in [0.1, 0.15) is 5.82 Å². The number of rotatable bonds is 5. The molecular formula is C17H18Br2FN. The molecule has 2 aromatic rings. The van der Waals surface area contributed by atoms with E-state index >= 15 is 0 Å². The molecule has 0 aliphatic carbocycles. The Bertz CT molecular complexity index is 626. The lowest BCUT2D eigenvalue weighted by Gasteiger charge is -2.22. The van der Waals surface area contributed by atoms with Crippen LogP contribution in [-0.4, -0.2) is 6.54 Å². The van der Waals surface area contributed by atoms with Crippen LogP contribution >= 0.6 is 31.9 Å². The van der Waals surface area contributed by atoms with Gasteiger partial charge in [-0.1, -0.05) is 57.0 Å². The molecule has 0 aliphatic rings. The molecule has 1 nitrogen and oxygen atoms in total. The predicted molar refractivity (Wildman–Crippen MR) is 93.1 cm³/mol. The first-order valence-electron chi connectivity index (χ1n) is 6.98. The van der Waals surface area contributed by atoms with Gasteiger partial charge in [0.2, 0.25) is 0 Å². The van der Waals surface area contributed by atoms with E-state index in [1.807, 2.05) is 30.3 Å². The first kappa shape index (κ1) is 16.7. The lowest BCUT2D eigenvalue weighted by Crippen LogP contribution is -2.24. The number of hydrogen-bond acceptors (Lipinski definition) is 1. The zero-order chi connectivity index (χ0) is 15.4. The van der Waals surface area contributed by atoms with Gasteiger partial charge < -0.3 is 5.32 Å². The van der Waals surface area contributed by atoms with E-state index in [0.717, 1.165) is 27.5 Å². The molecule has 0 radical (unpaired) electrons. The van der Waals surface area contributed by atoms with Gasteiger partial charge >= 0.3 is 0 Å². The van der Waals surface area contributed by atoms with Crippen molar-refractivity contribution in [3.05, 3.63) is 67.9 Å². The Morgan fingerprint density at radius 2 is 1.90 bits per heavy atom. The largest absolute Gasteiger partial charge is 0.306 e. The zero-order valence-electron chi connectivity index (χ0n) is 12.1. The summed E-state index contributed by atoms with van der Waals surface area (Å²) in [6.45, 7) is 4.73. The van der Waals surface area contributed by atoms with Crippen LogP contribution in [0.25, 0.3) is 0 Å². The van der Waals surface area contributed by atoms with E-state index in [1.165, 1.54) is 0 Å². The minimum absolute atomic E-state index is 0.141. The average molecular weight is 415 g/mol. The first-order chi connectivity index (χ1) is 10.0. The number of hydrogen-bond donors (Lipinski definition) is 1. The summed E-state index contributed by atoms with van der Waals surface area (Å²) in [4.78, 5) is 0. The summed E-state index contributed by atoms with van der Waals surface area (Å²) in [6, 6.07) is 11.4. The maximum absolute atomic E-state index is 14.5. The maximum Gasteiger partial charge on any atom is 0.131 e. The SMILES string of the molecule is CCCNC(c1cc(Br)ccc1Br)c1cccc(C)c1F. The fourth-order valence-electron chi connectivity index (χ4n) is 2.31. The van der Waals surface area contributed by atoms with E-state index in [4.69, 9.17) is 0 Å². The molecule has 0 heterocycles. The highest BCUT2D eigenvalue weighted by atomic mass is 79.9. The lowest BCUT2D eigenvalue weighted by molar-refractivity contribution is 0.541. The number of aryl methyl sites for hydroxylation is 1. The number of benzene rings is 2. The quantitative estimate of drug-likeness (QED) is 0.656. The molecule has 0 bridgehead atoms. The summed E-state index contributed by atoms with van der Waals surface area (Å²) in [7, 11) is 0. The molecule has 0 fully saturated rings. The molecule has 0 aliphatic heterocycles. The monoisotopic (exact) mass is 413 g/mol. The third-order valence-corrected chi connectivity index (χ3v) is 4.62. The van der Waals surface area contributed by atoms with Gasteiger partial charge in [0.25, 0.3) is 0 Å². The van der Waals surface area contributed by atoms with Gasteiger partial charge in [-0.25, -0.2) is 4.39 Å². The Kier molecular flexibility index (Phi) is 5.97. The summed E-state index contributed by atoms with van der Waals surface area (Å²) in [6.07, 6.45) is 0.996. The zero-order valence-corrected chi connectivity index (χ0v) is 15.3. The van der Waals surface area contributed by atoms with Crippen LogP contribution in [0.15, 0.2) is 45.3 Å². The molecule has 1 atom stereocenters. The van der Waals surface area contributed by atoms with Gasteiger partial charge in [0.05, 0.1) is 6.04 Å². The van der Waals surface area contributed by atoms with Crippen LogP contribution in [0.3, 0.4) is 0 Å². The van der Waals surface area contributed by atoms with E-state index in [9.17, 15) is 4.39 Å². The van der Waals surface area contributed by atoms with Crippen LogP contribution < -0.4 is 5.32 Å². The van der Waals surface area contributed by atoms with Crippen LogP contribution in [-0.2, 0) is 0 Å². The molecule has 1 N–H and O–H groups in total. The predicted octanol–water partition coefficient (Wildman–Crippen LogP) is 5.75. The Morgan fingerprint density at radius 3 is 2.62 bits per heavy atom. The minimum atomic E-state index is -0.170. The summed E-state index contributed by atoms with van der Waals surface area (Å²) >= 11 is 7.08. The first-order valence-corrected chi connectivity index (χ1v) is 8.56. The third-order valence-electron chi connectivity index (χ3n) is 3.40. The smallest absolute Gasteiger partial charge is 0.131 e. The summed E-state index contributed by atoms with van der Waals surface area (Å²) in [5, 5.41) is 3.45. The van der Waals surface area contributed by atoms with E-state index in [0.29, 0.717) is 11.1 Å². The maximum atomic E-state index is 14.5. The van der Waals surface area contributed by atoms with Gasteiger partial charge in [-0.2, -0.15) is 0 Å². The average Bonchev–Trinajstić information content (AvgIpc) is 2.47. The molecule has 4 heteroatoms. The van der Waals surface area contributed by atoms with Crippen molar-refractivity contribution in [1.82, 2.24) is 5.32 Å². The topological polar surface area (TPSA) is 12.0 Å². The molecular weight excluding hydrogens is 397 g/mol. The second kappa shape index (κ2) is 7.52. The van der Waals surface area contributed by atoms with E-state index in [-0.39, 0.29) is 11.9 Å². The standard InChI is InChI=1S/C17H18Br2FN/c1-3-9-21-17(13-6-4-5-11(2)16(13)20)14-10-12(18)7-8-15(14)19/h4-8,10,17,21H,3,9H2,1-2H3. The van der Waals surface area contributed by atoms with Gasteiger partial charge in [0, 0.05) is 14.5 Å². The molecule has 0 spiro atoms. The molecule has 0 aromatic heterocycles. The Balaban J connectivity index is 2.52. The van der Waals surface area contributed by atoms with Crippen molar-refractivity contribution in [2.45, 2.75) is 26.3 Å².